The molecule has 0 fully saturated rings. The average Bonchev–Trinajstić information content (AvgIpc) is 2.44. The first-order valence-electron chi connectivity index (χ1n) is 7.88. The Morgan fingerprint density at radius 1 is 1.23 bits per heavy atom. The summed E-state index contributed by atoms with van der Waals surface area (Å²) in [5, 5.41) is 2.79. The molecule has 4 nitrogen and oxygen atoms in total. The zero-order valence-electron chi connectivity index (χ0n) is 14.5. The molecule has 0 radical (unpaired) electrons. The summed E-state index contributed by atoms with van der Waals surface area (Å²) in [5.41, 5.74) is 1.66. The fraction of sp³-hybridized carbons (Fsp3) is 0.556. The van der Waals surface area contributed by atoms with Crippen molar-refractivity contribution in [3.63, 3.8) is 0 Å². The van der Waals surface area contributed by atoms with E-state index < -0.39 is 0 Å². The Morgan fingerprint density at radius 2 is 1.91 bits per heavy atom. The smallest absolute Gasteiger partial charge is 0.291 e. The van der Waals surface area contributed by atoms with Gasteiger partial charge >= 0.3 is 0 Å². The molecule has 0 saturated carbocycles. The van der Waals surface area contributed by atoms with E-state index in [2.05, 4.69) is 38.0 Å². The monoisotopic (exact) mass is 304 g/mol. The molecule has 0 aromatic heterocycles. The minimum atomic E-state index is -0.192. The van der Waals surface area contributed by atoms with Gasteiger partial charge in [-0.25, -0.2) is 4.99 Å². The lowest BCUT2D eigenvalue weighted by atomic mass is 10.1. The van der Waals surface area contributed by atoms with E-state index in [1.54, 1.807) is 6.07 Å². The number of carbonyl (C=O) groups excluding carboxylic acids is 1. The maximum atomic E-state index is 12.3. The number of aryl methyl sites for hydroxylation is 1. The normalized spacial score (nSPS) is 13.4. The molecule has 0 saturated heterocycles. The van der Waals surface area contributed by atoms with Gasteiger partial charge in [-0.1, -0.05) is 45.4 Å². The number of hydrogen-bond acceptors (Lipinski definition) is 3. The second kappa shape index (κ2) is 8.57. The summed E-state index contributed by atoms with van der Waals surface area (Å²) in [7, 11) is 0. The average molecular weight is 304 g/mol. The van der Waals surface area contributed by atoms with Crippen molar-refractivity contribution in [1.82, 2.24) is 5.32 Å². The maximum Gasteiger partial charge on any atom is 0.291 e. The molecule has 1 aromatic carbocycles. The van der Waals surface area contributed by atoms with E-state index >= 15 is 0 Å². The number of aliphatic imine (C=N–C) groups is 1. The van der Waals surface area contributed by atoms with Crippen LogP contribution in [0.4, 0.5) is 0 Å². The van der Waals surface area contributed by atoms with Crippen LogP contribution in [0.15, 0.2) is 29.3 Å². The van der Waals surface area contributed by atoms with Gasteiger partial charge in [0.15, 0.2) is 0 Å². The number of amidine groups is 1. The number of nitrogens with zero attached hydrogens (tertiary/aromatic N) is 1. The van der Waals surface area contributed by atoms with Crippen LogP contribution in [0.2, 0.25) is 0 Å². The minimum absolute atomic E-state index is 0.0833. The topological polar surface area (TPSA) is 50.7 Å². The van der Waals surface area contributed by atoms with Crippen molar-refractivity contribution in [3.8, 4) is 0 Å². The lowest BCUT2D eigenvalue weighted by Crippen LogP contribution is -2.34. The van der Waals surface area contributed by atoms with E-state index in [-0.39, 0.29) is 11.9 Å². The Bertz CT molecular complexity index is 522. The second-order valence-corrected chi connectivity index (χ2v) is 6.45. The van der Waals surface area contributed by atoms with Crippen LogP contribution >= 0.6 is 0 Å². The summed E-state index contributed by atoms with van der Waals surface area (Å²) in [4.78, 5) is 16.8. The summed E-state index contributed by atoms with van der Waals surface area (Å²) in [6.45, 7) is 12.8. The molecule has 1 N–H and O–H groups in total. The molecule has 0 bridgehead atoms. The minimum Gasteiger partial charge on any atom is -0.465 e. The quantitative estimate of drug-likeness (QED) is 0.664. The van der Waals surface area contributed by atoms with Crippen LogP contribution < -0.4 is 5.32 Å². The van der Waals surface area contributed by atoms with Crippen LogP contribution in [0, 0.1) is 18.8 Å². The fourth-order valence-corrected chi connectivity index (χ4v) is 1.64. The van der Waals surface area contributed by atoms with Crippen LogP contribution in [0.5, 0.6) is 0 Å². The molecule has 4 heteroatoms. The van der Waals surface area contributed by atoms with Crippen LogP contribution in [-0.2, 0) is 4.74 Å². The Labute approximate surface area is 134 Å². The molecule has 0 aliphatic carbocycles. The zero-order valence-corrected chi connectivity index (χ0v) is 14.5. The molecule has 0 aliphatic rings. The summed E-state index contributed by atoms with van der Waals surface area (Å²) >= 11 is 0. The predicted molar refractivity (Wildman–Crippen MR) is 91.2 cm³/mol. The molecule has 1 rings (SSSR count). The molecule has 1 unspecified atom stereocenters. The predicted octanol–water partition coefficient (Wildman–Crippen LogP) is 3.80. The molecule has 1 atom stereocenters. The second-order valence-electron chi connectivity index (χ2n) is 6.45. The third-order valence-corrected chi connectivity index (χ3v) is 3.34. The highest BCUT2D eigenvalue weighted by Gasteiger charge is 2.13. The molecule has 0 heterocycles. The van der Waals surface area contributed by atoms with Crippen LogP contribution in [-0.4, -0.2) is 24.6 Å². The molecular weight excluding hydrogens is 276 g/mol. The van der Waals surface area contributed by atoms with E-state index in [1.165, 1.54) is 0 Å². The Morgan fingerprint density at radius 3 is 2.45 bits per heavy atom. The Kier molecular flexibility index (Phi) is 7.09. The van der Waals surface area contributed by atoms with E-state index in [1.807, 2.05) is 32.0 Å². The van der Waals surface area contributed by atoms with Gasteiger partial charge in [0.2, 0.25) is 0 Å². The van der Waals surface area contributed by atoms with Gasteiger partial charge in [0, 0.05) is 5.56 Å². The molecule has 22 heavy (non-hydrogen) atoms. The number of ether oxygens (including phenoxy) is 1. The number of nitrogens with one attached hydrogen (secondary N) is 1. The first-order chi connectivity index (χ1) is 10.3. The molecule has 1 amide bonds. The van der Waals surface area contributed by atoms with Gasteiger partial charge in [0.1, 0.15) is 0 Å². The van der Waals surface area contributed by atoms with Crippen LogP contribution in [0.25, 0.3) is 0 Å². The van der Waals surface area contributed by atoms with E-state index in [4.69, 9.17) is 4.74 Å². The summed E-state index contributed by atoms with van der Waals surface area (Å²) in [6.07, 6.45) is 0. The van der Waals surface area contributed by atoms with Gasteiger partial charge in [0.05, 0.1) is 12.6 Å². The van der Waals surface area contributed by atoms with Gasteiger partial charge in [-0.3, -0.25) is 10.1 Å². The number of amides is 1. The van der Waals surface area contributed by atoms with Crippen LogP contribution in [0.1, 0.15) is 50.5 Å². The highest BCUT2D eigenvalue weighted by molar-refractivity contribution is 6.04. The van der Waals surface area contributed by atoms with Crippen molar-refractivity contribution in [2.24, 2.45) is 16.8 Å². The van der Waals surface area contributed by atoms with Crippen molar-refractivity contribution < 1.29 is 9.53 Å². The highest BCUT2D eigenvalue weighted by Crippen LogP contribution is 2.07. The maximum absolute atomic E-state index is 12.3. The molecule has 122 valence electrons. The SMILES string of the molecule is Cc1cccc(C(=O)NC(=NC(C)C(C)C)OCC(C)C)c1. The molecule has 0 spiro atoms. The number of rotatable bonds is 5. The van der Waals surface area contributed by atoms with Gasteiger partial charge in [-0.2, -0.15) is 0 Å². The van der Waals surface area contributed by atoms with Crippen molar-refractivity contribution in [2.45, 2.75) is 47.6 Å². The highest BCUT2D eigenvalue weighted by atomic mass is 16.5. The van der Waals surface area contributed by atoms with Gasteiger partial charge in [0.25, 0.3) is 11.9 Å². The largest absolute Gasteiger partial charge is 0.465 e. The van der Waals surface area contributed by atoms with Gasteiger partial charge < -0.3 is 4.74 Å². The lowest BCUT2D eigenvalue weighted by Gasteiger charge is -2.16. The lowest BCUT2D eigenvalue weighted by molar-refractivity contribution is 0.0962. The molecule has 1 aromatic rings. The Hall–Kier alpha value is -1.84. The first-order valence-corrected chi connectivity index (χ1v) is 7.88. The van der Waals surface area contributed by atoms with Crippen molar-refractivity contribution in [3.05, 3.63) is 35.4 Å². The molecule has 0 aliphatic heterocycles. The van der Waals surface area contributed by atoms with Crippen molar-refractivity contribution in [1.29, 1.82) is 0 Å². The van der Waals surface area contributed by atoms with E-state index in [0.717, 1.165) is 5.56 Å². The standard InChI is InChI=1S/C18H28N2O2/c1-12(2)11-22-18(19-15(6)13(3)4)20-17(21)16-9-7-8-14(5)10-16/h7-10,12-13,15H,11H2,1-6H3,(H,19,20,21). The van der Waals surface area contributed by atoms with Crippen LogP contribution in [0.3, 0.4) is 0 Å². The fourth-order valence-electron chi connectivity index (χ4n) is 1.64. The Balaban J connectivity index is 2.85. The summed E-state index contributed by atoms with van der Waals surface area (Å²) in [6, 6.07) is 7.85. The number of benzene rings is 1. The van der Waals surface area contributed by atoms with E-state index in [0.29, 0.717) is 30.0 Å². The number of hydrogen-bond donors (Lipinski definition) is 1. The molecular formula is C18H28N2O2. The van der Waals surface area contributed by atoms with Crippen molar-refractivity contribution >= 4 is 11.9 Å². The third kappa shape index (κ3) is 6.29. The first kappa shape index (κ1) is 18.2. The van der Waals surface area contributed by atoms with Gasteiger partial charge in [-0.05, 0) is 37.8 Å². The summed E-state index contributed by atoms with van der Waals surface area (Å²) in [5.74, 6) is 0.561. The number of carbonyl (C=O) groups is 1. The zero-order chi connectivity index (χ0) is 16.7. The van der Waals surface area contributed by atoms with E-state index in [9.17, 15) is 4.79 Å². The van der Waals surface area contributed by atoms with Crippen molar-refractivity contribution in [2.75, 3.05) is 6.61 Å². The summed E-state index contributed by atoms with van der Waals surface area (Å²) < 4.78 is 5.66. The third-order valence-electron chi connectivity index (χ3n) is 3.34. The van der Waals surface area contributed by atoms with Gasteiger partial charge in [-0.15, -0.1) is 0 Å².